The van der Waals surface area contributed by atoms with Gasteiger partial charge in [0.1, 0.15) is 10.7 Å². The minimum atomic E-state index is 0.226. The van der Waals surface area contributed by atoms with Crippen molar-refractivity contribution in [2.45, 2.75) is 52.1 Å². The van der Waals surface area contributed by atoms with Gasteiger partial charge in [0.15, 0.2) is 0 Å². The Hall–Kier alpha value is -0.610. The summed E-state index contributed by atoms with van der Waals surface area (Å²) in [5.74, 6) is 0.850. The smallest absolute Gasteiger partial charge is 0.133 e. The maximum Gasteiger partial charge on any atom is 0.133 e. The summed E-state index contributed by atoms with van der Waals surface area (Å²) in [7, 11) is 0. The van der Waals surface area contributed by atoms with Crippen molar-refractivity contribution in [3.8, 4) is 5.75 Å². The predicted molar refractivity (Wildman–Crippen MR) is 88.9 cm³/mol. The molecule has 0 saturated heterocycles. The van der Waals surface area contributed by atoms with Gasteiger partial charge in [0.2, 0.25) is 0 Å². The topological polar surface area (TPSA) is 35.2 Å². The van der Waals surface area contributed by atoms with Gasteiger partial charge in [-0.2, -0.15) is 0 Å². The SMILES string of the molecule is CCCCCCC(C)Oc1ccc(C(N)=S)cc1Br. The normalized spacial score (nSPS) is 12.2. The quantitative estimate of drug-likeness (QED) is 0.542. The first-order valence-corrected chi connectivity index (χ1v) is 8.00. The molecule has 4 heteroatoms. The summed E-state index contributed by atoms with van der Waals surface area (Å²) >= 11 is 8.45. The maximum atomic E-state index is 5.93. The Morgan fingerprint density at radius 2 is 2.11 bits per heavy atom. The number of unbranched alkanes of at least 4 members (excludes halogenated alkanes) is 3. The van der Waals surface area contributed by atoms with Crippen molar-refractivity contribution in [1.82, 2.24) is 0 Å². The average Bonchev–Trinajstić information content (AvgIpc) is 2.37. The lowest BCUT2D eigenvalue weighted by atomic mass is 10.1. The highest BCUT2D eigenvalue weighted by molar-refractivity contribution is 9.10. The minimum Gasteiger partial charge on any atom is -0.490 e. The fourth-order valence-corrected chi connectivity index (χ4v) is 2.48. The lowest BCUT2D eigenvalue weighted by Gasteiger charge is -2.16. The predicted octanol–water partition coefficient (Wildman–Crippen LogP) is 4.82. The van der Waals surface area contributed by atoms with Gasteiger partial charge >= 0.3 is 0 Å². The number of hydrogen-bond acceptors (Lipinski definition) is 2. The lowest BCUT2D eigenvalue weighted by Crippen LogP contribution is -2.13. The summed E-state index contributed by atoms with van der Waals surface area (Å²) in [6.07, 6.45) is 6.39. The molecular formula is C15H22BrNOS. The molecule has 2 N–H and O–H groups in total. The van der Waals surface area contributed by atoms with Crippen molar-refractivity contribution >= 4 is 33.1 Å². The highest BCUT2D eigenvalue weighted by Gasteiger charge is 2.08. The molecule has 1 rings (SSSR count). The molecule has 1 atom stereocenters. The van der Waals surface area contributed by atoms with E-state index in [0.29, 0.717) is 4.99 Å². The summed E-state index contributed by atoms with van der Waals surface area (Å²) in [5, 5.41) is 0. The molecule has 0 aliphatic carbocycles. The second-order valence-corrected chi connectivity index (χ2v) is 6.08. The molecule has 0 radical (unpaired) electrons. The number of ether oxygens (including phenoxy) is 1. The van der Waals surface area contributed by atoms with Gasteiger partial charge < -0.3 is 10.5 Å². The van der Waals surface area contributed by atoms with Crippen molar-refractivity contribution in [1.29, 1.82) is 0 Å². The Balaban J connectivity index is 2.50. The molecular weight excluding hydrogens is 322 g/mol. The third kappa shape index (κ3) is 5.91. The van der Waals surface area contributed by atoms with Crippen LogP contribution < -0.4 is 10.5 Å². The van der Waals surface area contributed by atoms with Crippen molar-refractivity contribution in [2.75, 3.05) is 0 Å². The van der Waals surface area contributed by atoms with E-state index in [1.807, 2.05) is 18.2 Å². The highest BCUT2D eigenvalue weighted by Crippen LogP contribution is 2.27. The molecule has 0 heterocycles. The van der Waals surface area contributed by atoms with Gasteiger partial charge in [-0.25, -0.2) is 0 Å². The standard InChI is InChI=1S/C15H22BrNOS/c1-3-4-5-6-7-11(2)18-14-9-8-12(15(17)19)10-13(14)16/h8-11H,3-7H2,1-2H3,(H2,17,19). The number of thiocarbonyl (C=S) groups is 1. The van der Waals surface area contributed by atoms with Crippen LogP contribution in [0.5, 0.6) is 5.75 Å². The first-order chi connectivity index (χ1) is 9.04. The number of halogens is 1. The Bertz CT molecular complexity index is 423. The lowest BCUT2D eigenvalue weighted by molar-refractivity contribution is 0.205. The highest BCUT2D eigenvalue weighted by atomic mass is 79.9. The van der Waals surface area contributed by atoms with Crippen molar-refractivity contribution in [3.05, 3.63) is 28.2 Å². The molecule has 106 valence electrons. The van der Waals surface area contributed by atoms with Crippen LogP contribution in [0.1, 0.15) is 51.5 Å². The van der Waals surface area contributed by atoms with Gasteiger partial charge in [-0.05, 0) is 53.9 Å². The van der Waals surface area contributed by atoms with E-state index in [1.165, 1.54) is 25.7 Å². The molecule has 0 aliphatic rings. The van der Waals surface area contributed by atoms with Crippen LogP contribution in [0.3, 0.4) is 0 Å². The number of nitrogens with two attached hydrogens (primary N) is 1. The first kappa shape index (κ1) is 16.4. The van der Waals surface area contributed by atoms with Gasteiger partial charge in [-0.1, -0.05) is 38.4 Å². The Kier molecular flexibility index (Phi) is 7.39. The number of hydrogen-bond donors (Lipinski definition) is 1. The molecule has 1 aromatic rings. The van der Waals surface area contributed by atoms with E-state index in [1.54, 1.807) is 0 Å². The van der Waals surface area contributed by atoms with Crippen LogP contribution in [0.2, 0.25) is 0 Å². The first-order valence-electron chi connectivity index (χ1n) is 6.80. The molecule has 0 bridgehead atoms. The summed E-state index contributed by atoms with van der Waals surface area (Å²) in [6.45, 7) is 4.33. The van der Waals surface area contributed by atoms with E-state index >= 15 is 0 Å². The third-order valence-corrected chi connectivity index (χ3v) is 3.86. The minimum absolute atomic E-state index is 0.226. The summed E-state index contributed by atoms with van der Waals surface area (Å²) in [5.41, 5.74) is 6.45. The zero-order chi connectivity index (χ0) is 14.3. The molecule has 0 spiro atoms. The van der Waals surface area contributed by atoms with E-state index in [4.69, 9.17) is 22.7 Å². The molecule has 2 nitrogen and oxygen atoms in total. The Morgan fingerprint density at radius 3 is 2.68 bits per heavy atom. The van der Waals surface area contributed by atoms with Gasteiger partial charge in [0.05, 0.1) is 10.6 Å². The second-order valence-electron chi connectivity index (χ2n) is 4.79. The van der Waals surface area contributed by atoms with Crippen molar-refractivity contribution in [3.63, 3.8) is 0 Å². The van der Waals surface area contributed by atoms with E-state index < -0.39 is 0 Å². The zero-order valence-corrected chi connectivity index (χ0v) is 14.0. The van der Waals surface area contributed by atoms with Crippen LogP contribution in [-0.2, 0) is 0 Å². The molecule has 19 heavy (non-hydrogen) atoms. The van der Waals surface area contributed by atoms with Crippen molar-refractivity contribution in [2.24, 2.45) is 5.73 Å². The Labute approximate surface area is 129 Å². The zero-order valence-electron chi connectivity index (χ0n) is 11.6. The number of rotatable bonds is 8. The maximum absolute atomic E-state index is 5.93. The van der Waals surface area contributed by atoms with Gasteiger partial charge in [-0.15, -0.1) is 0 Å². The molecule has 0 amide bonds. The van der Waals surface area contributed by atoms with E-state index in [9.17, 15) is 0 Å². The largest absolute Gasteiger partial charge is 0.490 e. The molecule has 0 saturated carbocycles. The average molecular weight is 344 g/mol. The van der Waals surface area contributed by atoms with E-state index in [2.05, 4.69) is 29.8 Å². The van der Waals surface area contributed by atoms with Gasteiger partial charge in [-0.3, -0.25) is 0 Å². The van der Waals surface area contributed by atoms with Crippen LogP contribution in [0.15, 0.2) is 22.7 Å². The van der Waals surface area contributed by atoms with E-state index in [-0.39, 0.29) is 6.10 Å². The van der Waals surface area contributed by atoms with Crippen LogP contribution in [-0.4, -0.2) is 11.1 Å². The number of benzene rings is 1. The summed E-state index contributed by atoms with van der Waals surface area (Å²) in [4.78, 5) is 0.403. The molecule has 0 aromatic heterocycles. The Morgan fingerprint density at radius 1 is 1.37 bits per heavy atom. The van der Waals surface area contributed by atoms with Gasteiger partial charge in [0.25, 0.3) is 0 Å². The molecule has 1 aromatic carbocycles. The molecule has 0 aliphatic heterocycles. The van der Waals surface area contributed by atoms with Crippen molar-refractivity contribution < 1.29 is 4.74 Å². The fourth-order valence-electron chi connectivity index (χ4n) is 1.88. The summed E-state index contributed by atoms with van der Waals surface area (Å²) < 4.78 is 6.83. The summed E-state index contributed by atoms with van der Waals surface area (Å²) in [6, 6.07) is 5.72. The van der Waals surface area contributed by atoms with Crippen LogP contribution in [0.25, 0.3) is 0 Å². The van der Waals surface area contributed by atoms with Crippen LogP contribution in [0.4, 0.5) is 0 Å². The van der Waals surface area contributed by atoms with E-state index in [0.717, 1.165) is 22.2 Å². The molecule has 0 fully saturated rings. The van der Waals surface area contributed by atoms with Gasteiger partial charge in [0, 0.05) is 5.56 Å². The van der Waals surface area contributed by atoms with Crippen LogP contribution in [0, 0.1) is 0 Å². The van der Waals surface area contributed by atoms with Crippen LogP contribution >= 0.6 is 28.1 Å². The third-order valence-electron chi connectivity index (χ3n) is 3.01. The monoisotopic (exact) mass is 343 g/mol. The fraction of sp³-hybridized carbons (Fsp3) is 0.533. The molecule has 1 unspecified atom stereocenters. The second kappa shape index (κ2) is 8.54.